The Labute approximate surface area is 197 Å². The lowest BCUT2D eigenvalue weighted by Crippen LogP contribution is -3.00. The lowest BCUT2D eigenvalue weighted by atomic mass is 10.2. The van der Waals surface area contributed by atoms with Crippen LogP contribution < -0.4 is 21.9 Å². The first kappa shape index (κ1) is 22.2. The van der Waals surface area contributed by atoms with Crippen molar-refractivity contribution in [3.8, 4) is 28.5 Å². The van der Waals surface area contributed by atoms with Crippen molar-refractivity contribution in [2.24, 2.45) is 0 Å². The van der Waals surface area contributed by atoms with Gasteiger partial charge in [0.1, 0.15) is 23.9 Å². The van der Waals surface area contributed by atoms with Crippen molar-refractivity contribution in [2.45, 2.75) is 6.61 Å². The van der Waals surface area contributed by atoms with Crippen LogP contribution in [0.2, 0.25) is 0 Å². The quantitative estimate of drug-likeness (QED) is 0.365. The number of tetrazole rings is 1. The van der Waals surface area contributed by atoms with Crippen molar-refractivity contribution >= 4 is 0 Å². The molecule has 0 amide bonds. The largest absolute Gasteiger partial charge is 1.00 e. The molecule has 0 radical (unpaired) electrons. The van der Waals surface area contributed by atoms with Gasteiger partial charge in [0.2, 0.25) is 0 Å². The molecule has 0 saturated heterocycles. The van der Waals surface area contributed by atoms with E-state index in [0.29, 0.717) is 18.1 Å². The molecule has 7 heteroatoms. The highest BCUT2D eigenvalue weighted by Crippen LogP contribution is 2.20. The van der Waals surface area contributed by atoms with Gasteiger partial charge in [-0.2, -0.15) is 0 Å². The summed E-state index contributed by atoms with van der Waals surface area (Å²) in [6.45, 7) is 0.501. The Morgan fingerprint density at radius 2 is 1.48 bits per heavy atom. The smallest absolute Gasteiger partial charge is 0.340 e. The van der Waals surface area contributed by atoms with E-state index < -0.39 is 0 Å². The molecule has 1 aromatic heterocycles. The molecule has 0 saturated carbocycles. The molecule has 5 aromatic rings. The first-order chi connectivity index (χ1) is 15.8. The zero-order valence-corrected chi connectivity index (χ0v) is 18.3. The van der Waals surface area contributed by atoms with Gasteiger partial charge in [-0.25, -0.2) is 4.39 Å². The Hall–Kier alpha value is -4.03. The van der Waals surface area contributed by atoms with Crippen molar-refractivity contribution in [3.63, 3.8) is 0 Å². The van der Waals surface area contributed by atoms with E-state index in [1.54, 1.807) is 21.7 Å². The van der Waals surface area contributed by atoms with Gasteiger partial charge < -0.3 is 17.1 Å². The number of para-hydroxylation sites is 1. The van der Waals surface area contributed by atoms with E-state index in [4.69, 9.17) is 4.74 Å². The third kappa shape index (κ3) is 5.07. The highest BCUT2D eigenvalue weighted by Gasteiger charge is 2.23. The molecule has 1 heterocycles. The van der Waals surface area contributed by atoms with Crippen LogP contribution >= 0.6 is 0 Å². The summed E-state index contributed by atoms with van der Waals surface area (Å²) in [7, 11) is 0. The van der Waals surface area contributed by atoms with E-state index in [0.717, 1.165) is 22.6 Å². The average molecular weight is 459 g/mol. The molecule has 0 fully saturated rings. The van der Waals surface area contributed by atoms with Crippen LogP contribution in [0.1, 0.15) is 5.56 Å². The Bertz CT molecular complexity index is 1330. The molecule has 0 aliphatic heterocycles. The van der Waals surface area contributed by atoms with Gasteiger partial charge in [-0.1, -0.05) is 54.6 Å². The van der Waals surface area contributed by atoms with Crippen molar-refractivity contribution in [1.29, 1.82) is 0 Å². The number of benzene rings is 4. The van der Waals surface area contributed by atoms with Gasteiger partial charge in [0, 0.05) is 10.9 Å². The molecule has 5 nitrogen and oxygen atoms in total. The highest BCUT2D eigenvalue weighted by molar-refractivity contribution is 5.55. The molecule has 0 bridgehead atoms. The first-order valence-corrected chi connectivity index (χ1v) is 10.2. The summed E-state index contributed by atoms with van der Waals surface area (Å²) in [5.41, 5.74) is 3.33. The second-order valence-corrected chi connectivity index (χ2v) is 7.22. The summed E-state index contributed by atoms with van der Waals surface area (Å²) in [6.07, 6.45) is 0. The number of ether oxygens (including phenoxy) is 1. The summed E-state index contributed by atoms with van der Waals surface area (Å²) >= 11 is 0. The molecule has 0 spiro atoms. The first-order valence-electron chi connectivity index (χ1n) is 10.2. The van der Waals surface area contributed by atoms with Crippen LogP contribution in [0.15, 0.2) is 109 Å². The summed E-state index contributed by atoms with van der Waals surface area (Å²) in [4.78, 5) is 3.25. The molecule has 0 aliphatic rings. The third-order valence-electron chi connectivity index (χ3n) is 4.95. The SMILES string of the molecule is Fc1cccc(-n2nc(-c3ccc(OCc4ccccc4)cc3)n[n+]2-c2ccccc2)c1.[Cl-]. The normalized spacial score (nSPS) is 10.5. The van der Waals surface area contributed by atoms with E-state index in [-0.39, 0.29) is 18.2 Å². The Balaban J connectivity index is 0.00000259. The van der Waals surface area contributed by atoms with Crippen LogP contribution in [-0.4, -0.2) is 15.0 Å². The molecular weight excluding hydrogens is 439 g/mol. The molecular formula is C26H20ClFN4O. The summed E-state index contributed by atoms with van der Waals surface area (Å²) in [5.74, 6) is 0.949. The minimum Gasteiger partial charge on any atom is -1.00 e. The molecule has 0 atom stereocenters. The number of nitrogens with zero attached hydrogens (tertiary/aromatic N) is 4. The van der Waals surface area contributed by atoms with E-state index in [1.165, 1.54) is 12.1 Å². The van der Waals surface area contributed by atoms with Gasteiger partial charge in [0.05, 0.1) is 10.7 Å². The predicted octanol–water partition coefficient (Wildman–Crippen LogP) is 1.93. The molecule has 0 aliphatic carbocycles. The molecule has 0 unspecified atom stereocenters. The predicted molar refractivity (Wildman–Crippen MR) is 119 cm³/mol. The summed E-state index contributed by atoms with van der Waals surface area (Å²) in [6, 6.07) is 33.6. The Morgan fingerprint density at radius 3 is 2.18 bits per heavy atom. The van der Waals surface area contributed by atoms with Crippen molar-refractivity contribution < 1.29 is 26.3 Å². The van der Waals surface area contributed by atoms with Gasteiger partial charge in [-0.3, -0.25) is 0 Å². The zero-order chi connectivity index (χ0) is 21.8. The van der Waals surface area contributed by atoms with E-state index in [9.17, 15) is 4.39 Å². The Kier molecular flexibility index (Phi) is 6.76. The number of aromatic nitrogens is 4. The van der Waals surface area contributed by atoms with Crippen LogP contribution in [0.5, 0.6) is 5.75 Å². The minimum absolute atomic E-state index is 0. The van der Waals surface area contributed by atoms with Gasteiger partial charge in [0.15, 0.2) is 5.69 Å². The number of hydrogen-bond donors (Lipinski definition) is 0. The van der Waals surface area contributed by atoms with Gasteiger partial charge >= 0.3 is 5.82 Å². The standard InChI is InChI=1S/C26H20FN4O.ClH/c27-22-10-7-13-24(18-22)31-29-26(28-30(31)23-11-5-2-6-12-23)21-14-16-25(17-15-21)32-19-20-8-3-1-4-9-20;/h1-18H,19H2;1H/q+1;/p-1. The minimum atomic E-state index is -0.334. The lowest BCUT2D eigenvalue weighted by Gasteiger charge is -2.05. The van der Waals surface area contributed by atoms with Crippen LogP contribution in [-0.2, 0) is 6.61 Å². The molecule has 33 heavy (non-hydrogen) atoms. The fraction of sp³-hybridized carbons (Fsp3) is 0.0385. The zero-order valence-electron chi connectivity index (χ0n) is 17.6. The maximum Gasteiger partial charge on any atom is 0.340 e. The Morgan fingerprint density at radius 1 is 0.788 bits per heavy atom. The van der Waals surface area contributed by atoms with Crippen molar-refractivity contribution in [2.75, 3.05) is 0 Å². The lowest BCUT2D eigenvalue weighted by molar-refractivity contribution is -0.734. The van der Waals surface area contributed by atoms with Gasteiger partial charge in [0.25, 0.3) is 0 Å². The van der Waals surface area contributed by atoms with Crippen LogP contribution in [0, 0.1) is 5.82 Å². The second-order valence-electron chi connectivity index (χ2n) is 7.22. The fourth-order valence-corrected chi connectivity index (χ4v) is 3.34. The second kappa shape index (κ2) is 10.1. The monoisotopic (exact) mass is 458 g/mol. The molecule has 164 valence electrons. The van der Waals surface area contributed by atoms with Crippen LogP contribution in [0.4, 0.5) is 4.39 Å². The fourth-order valence-electron chi connectivity index (χ4n) is 3.34. The highest BCUT2D eigenvalue weighted by atomic mass is 35.5. The van der Waals surface area contributed by atoms with E-state index in [1.807, 2.05) is 84.9 Å². The maximum absolute atomic E-state index is 13.9. The topological polar surface area (TPSA) is 43.8 Å². The van der Waals surface area contributed by atoms with Gasteiger partial charge in [-0.15, -0.1) is 0 Å². The van der Waals surface area contributed by atoms with Crippen molar-refractivity contribution in [3.05, 3.63) is 121 Å². The van der Waals surface area contributed by atoms with Crippen molar-refractivity contribution in [1.82, 2.24) is 15.0 Å². The summed E-state index contributed by atoms with van der Waals surface area (Å²) < 4.78 is 19.7. The average Bonchev–Trinajstić information content (AvgIpc) is 3.30. The third-order valence-corrected chi connectivity index (χ3v) is 4.95. The maximum atomic E-state index is 13.9. The van der Waals surface area contributed by atoms with Gasteiger partial charge in [-0.05, 0) is 64.0 Å². The number of hydrogen-bond acceptors (Lipinski definition) is 3. The summed E-state index contributed by atoms with van der Waals surface area (Å²) in [5, 5.41) is 9.34. The number of rotatable bonds is 6. The molecule has 5 rings (SSSR count). The van der Waals surface area contributed by atoms with E-state index in [2.05, 4.69) is 10.2 Å². The van der Waals surface area contributed by atoms with Crippen LogP contribution in [0.3, 0.4) is 0 Å². The van der Waals surface area contributed by atoms with Crippen LogP contribution in [0.25, 0.3) is 22.8 Å². The molecule has 4 aromatic carbocycles. The molecule has 0 N–H and O–H groups in total. The van der Waals surface area contributed by atoms with E-state index >= 15 is 0 Å². The number of halogens is 2.